The Morgan fingerprint density at radius 1 is 1.19 bits per heavy atom. The Labute approximate surface area is 207 Å². The summed E-state index contributed by atoms with van der Waals surface area (Å²) in [5, 5.41) is 16.3. The van der Waals surface area contributed by atoms with E-state index in [1.54, 1.807) is 35.9 Å². The smallest absolute Gasteiger partial charge is 0.407 e. The van der Waals surface area contributed by atoms with E-state index in [0.29, 0.717) is 47.5 Å². The van der Waals surface area contributed by atoms with Crippen molar-refractivity contribution in [2.24, 2.45) is 18.9 Å². The molecule has 1 saturated carbocycles. The first kappa shape index (κ1) is 23.7. The first-order chi connectivity index (χ1) is 17.2. The van der Waals surface area contributed by atoms with Crippen LogP contribution in [0.4, 0.5) is 16.4 Å². The third-order valence-electron chi connectivity index (χ3n) is 7.27. The van der Waals surface area contributed by atoms with Crippen molar-refractivity contribution >= 4 is 34.6 Å². The van der Waals surface area contributed by atoms with E-state index in [9.17, 15) is 19.5 Å². The summed E-state index contributed by atoms with van der Waals surface area (Å²) >= 11 is 0. The summed E-state index contributed by atoms with van der Waals surface area (Å²) in [6.45, 7) is 5.23. The van der Waals surface area contributed by atoms with E-state index in [1.807, 2.05) is 26.0 Å². The van der Waals surface area contributed by atoms with Gasteiger partial charge < -0.3 is 25.4 Å². The second kappa shape index (κ2) is 8.85. The molecule has 1 aliphatic carbocycles. The van der Waals surface area contributed by atoms with E-state index in [1.165, 1.54) is 7.11 Å². The Balaban J connectivity index is 1.49. The maximum atomic E-state index is 13.4. The maximum absolute atomic E-state index is 13.4. The highest BCUT2D eigenvalue weighted by Gasteiger charge is 2.57. The number of aromatic carboxylic acids is 1. The number of methoxy groups -OCH3 is 1. The number of nitrogens with one attached hydrogen (secondary N) is 2. The summed E-state index contributed by atoms with van der Waals surface area (Å²) in [7, 11) is 3.08. The number of benzene rings is 2. The van der Waals surface area contributed by atoms with Gasteiger partial charge in [0.2, 0.25) is 5.95 Å². The van der Waals surface area contributed by atoms with Crippen molar-refractivity contribution in [1.29, 1.82) is 0 Å². The van der Waals surface area contributed by atoms with Crippen molar-refractivity contribution in [3.8, 4) is 0 Å². The number of alkyl carbamates (subject to hydrolysis) is 1. The van der Waals surface area contributed by atoms with Crippen molar-refractivity contribution in [1.82, 2.24) is 14.9 Å². The lowest BCUT2D eigenvalue weighted by molar-refractivity contribution is 0.0698. The molecule has 1 aliphatic heterocycles. The number of para-hydroxylation sites is 1. The summed E-state index contributed by atoms with van der Waals surface area (Å²) in [5.41, 5.74) is 2.87. The number of fused-ring (bicyclic) bond motifs is 2. The number of hydrogen-bond donors (Lipinski definition) is 3. The van der Waals surface area contributed by atoms with Gasteiger partial charge in [-0.1, -0.05) is 18.2 Å². The number of amides is 1. The Morgan fingerprint density at radius 3 is 2.56 bits per heavy atom. The van der Waals surface area contributed by atoms with Crippen molar-refractivity contribution in [2.75, 3.05) is 30.4 Å². The predicted octanol–water partition coefficient (Wildman–Crippen LogP) is 2.90. The highest BCUT2D eigenvalue weighted by molar-refractivity contribution is 5.94. The topological polar surface area (TPSA) is 126 Å². The molecule has 3 aromatic rings. The summed E-state index contributed by atoms with van der Waals surface area (Å²) in [6.07, 6.45) is -0.428. The van der Waals surface area contributed by atoms with E-state index >= 15 is 0 Å². The van der Waals surface area contributed by atoms with Crippen LogP contribution in [-0.4, -0.2) is 53.0 Å². The molecule has 5 rings (SSSR count). The van der Waals surface area contributed by atoms with E-state index < -0.39 is 12.1 Å². The average Bonchev–Trinajstić information content (AvgIpc) is 3.28. The van der Waals surface area contributed by atoms with Crippen LogP contribution in [0.15, 0.2) is 41.2 Å². The van der Waals surface area contributed by atoms with Crippen LogP contribution in [0.5, 0.6) is 0 Å². The Kier molecular flexibility index (Phi) is 5.82. The number of carbonyl (C=O) groups excluding carboxylic acids is 1. The number of ether oxygens (including phenoxy) is 1. The average molecular weight is 492 g/mol. The number of carbonyl (C=O) groups is 2. The molecule has 1 aromatic heterocycles. The Morgan fingerprint density at radius 2 is 1.89 bits per heavy atom. The highest BCUT2D eigenvalue weighted by atomic mass is 16.5. The number of aromatic nitrogens is 2. The first-order valence-corrected chi connectivity index (χ1v) is 11.9. The molecule has 0 bridgehead atoms. The number of hydrogen-bond acceptors (Lipinski definition) is 7. The van der Waals surface area contributed by atoms with Crippen molar-refractivity contribution < 1.29 is 19.4 Å². The molecule has 0 spiro atoms. The van der Waals surface area contributed by atoms with Crippen LogP contribution in [0.1, 0.15) is 34.5 Å². The molecule has 1 saturated heterocycles. The molecule has 2 aromatic carbocycles. The number of rotatable bonds is 6. The molecule has 3 N–H and O–H groups in total. The molecule has 2 heterocycles. The number of anilines is 2. The summed E-state index contributed by atoms with van der Waals surface area (Å²) in [6, 6.07) is 10.4. The van der Waals surface area contributed by atoms with Gasteiger partial charge in [0.1, 0.15) is 0 Å². The fourth-order valence-electron chi connectivity index (χ4n) is 5.36. The number of nitrogens with zero attached hydrogens (tertiary/aromatic N) is 3. The van der Waals surface area contributed by atoms with Crippen molar-refractivity contribution in [3.05, 3.63) is 63.4 Å². The molecular weight excluding hydrogens is 462 g/mol. The van der Waals surface area contributed by atoms with Gasteiger partial charge in [-0.3, -0.25) is 9.36 Å². The zero-order valence-corrected chi connectivity index (χ0v) is 20.6. The third kappa shape index (κ3) is 4.02. The van der Waals surface area contributed by atoms with Crippen LogP contribution in [0, 0.1) is 18.8 Å². The molecule has 10 heteroatoms. The zero-order valence-electron chi connectivity index (χ0n) is 20.6. The van der Waals surface area contributed by atoms with Crippen molar-refractivity contribution in [2.45, 2.75) is 25.9 Å². The molecule has 2 fully saturated rings. The van der Waals surface area contributed by atoms with Crippen LogP contribution in [-0.2, 0) is 11.8 Å². The summed E-state index contributed by atoms with van der Waals surface area (Å²) < 4.78 is 6.29. The fraction of sp³-hybridized carbons (Fsp3) is 0.385. The normalized spacial score (nSPS) is 21.1. The molecule has 10 nitrogen and oxygen atoms in total. The quantitative estimate of drug-likeness (QED) is 0.481. The number of carboxylic acids is 1. The zero-order chi connectivity index (χ0) is 25.7. The lowest BCUT2D eigenvalue weighted by Gasteiger charge is -2.25. The number of piperidine rings is 1. The standard InChI is InChI=1S/C26H29N5O5/c1-13-9-16(14(2)27-20-8-6-5-7-15(20)24(33)34)21-17(10-13)23(32)30(3)25(28-21)31-11-18-19(12-31)22(18)29-26(35)36-4/h5-10,14,18-19,22,27H,11-12H2,1-4H3,(H,29,35)(H,33,34). The fourth-order valence-corrected chi connectivity index (χ4v) is 5.36. The van der Waals surface area contributed by atoms with Gasteiger partial charge in [-0.2, -0.15) is 0 Å². The lowest BCUT2D eigenvalue weighted by Crippen LogP contribution is -2.37. The molecule has 3 unspecified atom stereocenters. The summed E-state index contributed by atoms with van der Waals surface area (Å²) in [5.74, 6) is 0.158. The highest BCUT2D eigenvalue weighted by Crippen LogP contribution is 2.46. The molecule has 2 aliphatic rings. The Hall–Kier alpha value is -4.08. The number of aryl methyl sites for hydroxylation is 1. The monoisotopic (exact) mass is 491 g/mol. The predicted molar refractivity (Wildman–Crippen MR) is 136 cm³/mol. The third-order valence-corrected chi connectivity index (χ3v) is 7.27. The molecule has 36 heavy (non-hydrogen) atoms. The van der Waals surface area contributed by atoms with Crippen LogP contribution in [0.25, 0.3) is 10.9 Å². The van der Waals surface area contributed by atoms with Crippen LogP contribution < -0.4 is 21.1 Å². The van der Waals surface area contributed by atoms with E-state index in [-0.39, 0.29) is 23.2 Å². The van der Waals surface area contributed by atoms with E-state index in [4.69, 9.17) is 9.72 Å². The van der Waals surface area contributed by atoms with E-state index in [2.05, 4.69) is 15.5 Å². The van der Waals surface area contributed by atoms with E-state index in [0.717, 1.165) is 11.1 Å². The minimum absolute atomic E-state index is 0.0860. The SMILES string of the molecule is COC(=O)NC1C2CN(c3nc4c(C(C)Nc5ccccc5C(=O)O)cc(C)cc4c(=O)n3C)CC21. The van der Waals surface area contributed by atoms with Gasteiger partial charge in [0, 0.05) is 49.3 Å². The largest absolute Gasteiger partial charge is 0.478 e. The second-order valence-corrected chi connectivity index (χ2v) is 9.64. The van der Waals surface area contributed by atoms with Gasteiger partial charge >= 0.3 is 12.1 Å². The van der Waals surface area contributed by atoms with Crippen LogP contribution in [0.3, 0.4) is 0 Å². The van der Waals surface area contributed by atoms with Gasteiger partial charge in [0.25, 0.3) is 5.56 Å². The van der Waals surface area contributed by atoms with Gasteiger partial charge in [0.15, 0.2) is 0 Å². The van der Waals surface area contributed by atoms with Gasteiger partial charge in [-0.15, -0.1) is 0 Å². The Bertz CT molecular complexity index is 1420. The van der Waals surface area contributed by atoms with Crippen LogP contribution >= 0.6 is 0 Å². The minimum Gasteiger partial charge on any atom is -0.478 e. The van der Waals surface area contributed by atoms with Gasteiger partial charge in [-0.05, 0) is 37.6 Å². The number of carboxylic acid groups (broad SMARTS) is 1. The molecule has 1 amide bonds. The van der Waals surface area contributed by atoms with Crippen LogP contribution in [0.2, 0.25) is 0 Å². The molecule has 188 valence electrons. The second-order valence-electron chi connectivity index (χ2n) is 9.64. The van der Waals surface area contributed by atoms with Crippen molar-refractivity contribution in [3.63, 3.8) is 0 Å². The van der Waals surface area contributed by atoms with Gasteiger partial charge in [-0.25, -0.2) is 14.6 Å². The molecule has 3 atom stereocenters. The molecule has 0 radical (unpaired) electrons. The van der Waals surface area contributed by atoms with Gasteiger partial charge in [0.05, 0.1) is 29.6 Å². The molecular formula is C26H29N5O5. The lowest BCUT2D eigenvalue weighted by atomic mass is 10.0. The summed E-state index contributed by atoms with van der Waals surface area (Å²) in [4.78, 5) is 43.7. The minimum atomic E-state index is -1.01. The maximum Gasteiger partial charge on any atom is 0.407 e. The first-order valence-electron chi connectivity index (χ1n) is 11.9.